The van der Waals surface area contributed by atoms with E-state index in [2.05, 4.69) is 42.3 Å². The van der Waals surface area contributed by atoms with E-state index in [1.165, 1.54) is 18.3 Å². The number of H-pyrrole nitrogens is 1. The fourth-order valence-corrected chi connectivity index (χ4v) is 4.69. The Bertz CT molecular complexity index is 1760. The zero-order valence-corrected chi connectivity index (χ0v) is 24.1. The van der Waals surface area contributed by atoms with Crippen LogP contribution in [0.4, 0.5) is 29.3 Å². The minimum absolute atomic E-state index is 0.0402. The number of alkyl halides is 3. The number of carbonyl (C=O) groups excluding carboxylic acids is 1. The van der Waals surface area contributed by atoms with Crippen LogP contribution in [0.15, 0.2) is 60.9 Å². The number of aryl methyl sites for hydroxylation is 1. The molecule has 0 bridgehead atoms. The van der Waals surface area contributed by atoms with Crippen LogP contribution in [0.2, 0.25) is 0 Å². The third-order valence-corrected chi connectivity index (χ3v) is 7.20. The third kappa shape index (κ3) is 7.61. The van der Waals surface area contributed by atoms with Crippen molar-refractivity contribution in [2.75, 3.05) is 43.9 Å². The average Bonchev–Trinajstić information content (AvgIpc) is 3.48. The molecule has 4 aromatic rings. The van der Waals surface area contributed by atoms with Crippen molar-refractivity contribution in [2.24, 2.45) is 0 Å². The van der Waals surface area contributed by atoms with Crippen molar-refractivity contribution in [2.45, 2.75) is 19.6 Å². The predicted molar refractivity (Wildman–Crippen MR) is 161 cm³/mol. The minimum Gasteiger partial charge on any atom is -0.328 e. The van der Waals surface area contributed by atoms with Crippen molar-refractivity contribution in [3.05, 3.63) is 94.4 Å². The molecule has 44 heavy (non-hydrogen) atoms. The molecule has 0 unspecified atom stereocenters. The highest BCUT2D eigenvalue weighted by atomic mass is 19.4. The van der Waals surface area contributed by atoms with Gasteiger partial charge in [0.1, 0.15) is 17.5 Å². The van der Waals surface area contributed by atoms with Gasteiger partial charge in [-0.15, -0.1) is 0 Å². The molecule has 0 atom stereocenters. The quantitative estimate of drug-likeness (QED) is 0.263. The molecule has 0 spiro atoms. The van der Waals surface area contributed by atoms with Crippen LogP contribution in [-0.2, 0) is 12.7 Å². The first-order valence-electron chi connectivity index (χ1n) is 13.8. The van der Waals surface area contributed by atoms with Crippen molar-refractivity contribution < 1.29 is 18.0 Å². The predicted octanol–water partition coefficient (Wildman–Crippen LogP) is 5.46. The molecule has 3 N–H and O–H groups in total. The van der Waals surface area contributed by atoms with Crippen molar-refractivity contribution in [3.63, 3.8) is 0 Å². The third-order valence-electron chi connectivity index (χ3n) is 7.20. The molecule has 5 rings (SSSR count). The number of nitrogens with one attached hydrogen (secondary N) is 3. The Morgan fingerprint density at radius 2 is 1.70 bits per heavy atom. The maximum atomic E-state index is 13.9. The van der Waals surface area contributed by atoms with E-state index in [0.717, 1.165) is 24.7 Å². The normalized spacial score (nSPS) is 13.9. The number of aromatic nitrogens is 3. The first-order valence-corrected chi connectivity index (χ1v) is 13.8. The summed E-state index contributed by atoms with van der Waals surface area (Å²) in [7, 11) is 1.99. The van der Waals surface area contributed by atoms with Gasteiger partial charge in [-0.1, -0.05) is 24.0 Å². The van der Waals surface area contributed by atoms with E-state index in [1.54, 1.807) is 36.5 Å². The molecule has 1 aliphatic rings. The van der Waals surface area contributed by atoms with Crippen LogP contribution >= 0.6 is 0 Å². The van der Waals surface area contributed by atoms with Crippen molar-refractivity contribution in [1.29, 1.82) is 5.26 Å². The number of nitriles is 1. The number of urea groups is 1. The molecule has 2 aromatic heterocycles. The smallest absolute Gasteiger partial charge is 0.328 e. The molecular formula is C32H29F3N8O. The highest BCUT2D eigenvalue weighted by Gasteiger charge is 2.34. The lowest BCUT2D eigenvalue weighted by molar-refractivity contribution is -0.138. The second-order valence-corrected chi connectivity index (χ2v) is 10.5. The van der Waals surface area contributed by atoms with Crippen molar-refractivity contribution >= 4 is 17.4 Å². The number of benzene rings is 2. The number of aromatic amines is 1. The van der Waals surface area contributed by atoms with Crippen LogP contribution in [0, 0.1) is 30.1 Å². The molecule has 3 heterocycles. The van der Waals surface area contributed by atoms with Gasteiger partial charge < -0.3 is 20.5 Å². The standard InChI is InChI=1S/C32H29F3N8O/c1-21-3-8-25(15-23(21)6-4-22-5-10-29(37-18-22)30-38-19-27(17-36)39-30)40-31(44)41-26-9-7-24(28(16-26)32(33,34)35)20-43-13-11-42(2)12-14-43/h3,5,7-10,15-16,18-19H,11-14,20H2,1-2H3,(H,38,39)(H2,40,41,44). The van der Waals surface area contributed by atoms with Gasteiger partial charge >= 0.3 is 12.2 Å². The maximum Gasteiger partial charge on any atom is 0.416 e. The van der Waals surface area contributed by atoms with Crippen LogP contribution in [-0.4, -0.2) is 64.0 Å². The minimum atomic E-state index is -4.56. The molecule has 1 aliphatic heterocycles. The van der Waals surface area contributed by atoms with Crippen molar-refractivity contribution in [3.8, 4) is 29.4 Å². The van der Waals surface area contributed by atoms with Crippen LogP contribution in [0.3, 0.4) is 0 Å². The Kier molecular flexibility index (Phi) is 8.95. The number of pyridine rings is 1. The largest absolute Gasteiger partial charge is 0.416 e. The number of carbonyl (C=O) groups is 1. The van der Waals surface area contributed by atoms with Crippen LogP contribution < -0.4 is 10.6 Å². The molecule has 2 amide bonds. The van der Waals surface area contributed by atoms with Crippen LogP contribution in [0.5, 0.6) is 0 Å². The SMILES string of the molecule is Cc1ccc(NC(=O)Nc2ccc(CN3CCN(C)CC3)c(C(F)(F)F)c2)cc1C#Cc1ccc(-c2ncc(C#N)[nH]2)nc1. The Labute approximate surface area is 252 Å². The summed E-state index contributed by atoms with van der Waals surface area (Å²) in [5.41, 5.74) is 2.96. The molecule has 1 saturated heterocycles. The zero-order chi connectivity index (χ0) is 31.3. The fraction of sp³-hybridized carbons (Fsp3) is 0.250. The molecular weight excluding hydrogens is 569 g/mol. The summed E-state index contributed by atoms with van der Waals surface area (Å²) in [6.07, 6.45) is -1.54. The Balaban J connectivity index is 1.25. The van der Waals surface area contributed by atoms with E-state index in [9.17, 15) is 18.0 Å². The second-order valence-electron chi connectivity index (χ2n) is 10.5. The summed E-state index contributed by atoms with van der Waals surface area (Å²) in [5.74, 6) is 6.59. The number of likely N-dealkylation sites (N-methyl/N-ethyl adjacent to an activating group) is 1. The maximum absolute atomic E-state index is 13.9. The van der Waals surface area contributed by atoms with Crippen molar-refractivity contribution in [1.82, 2.24) is 24.8 Å². The monoisotopic (exact) mass is 598 g/mol. The van der Waals surface area contributed by atoms with E-state index < -0.39 is 17.8 Å². The van der Waals surface area contributed by atoms with Gasteiger partial charge in [0.25, 0.3) is 0 Å². The number of piperazine rings is 1. The summed E-state index contributed by atoms with van der Waals surface area (Å²) in [4.78, 5) is 28.2. The van der Waals surface area contributed by atoms with E-state index in [0.29, 0.717) is 47.1 Å². The van der Waals surface area contributed by atoms with E-state index in [4.69, 9.17) is 5.26 Å². The van der Waals surface area contributed by atoms with Gasteiger partial charge in [0.15, 0.2) is 5.82 Å². The average molecular weight is 599 g/mol. The molecule has 0 saturated carbocycles. The fourth-order valence-electron chi connectivity index (χ4n) is 4.69. The Hall–Kier alpha value is -5.17. The molecule has 1 fully saturated rings. The van der Waals surface area contributed by atoms with Gasteiger partial charge in [-0.05, 0) is 61.5 Å². The summed E-state index contributed by atoms with van der Waals surface area (Å²) in [6.45, 7) is 5.06. The molecule has 224 valence electrons. The summed E-state index contributed by atoms with van der Waals surface area (Å²) in [5, 5.41) is 14.1. The van der Waals surface area contributed by atoms with Gasteiger partial charge in [-0.25, -0.2) is 9.78 Å². The molecule has 12 heteroatoms. The van der Waals surface area contributed by atoms with E-state index in [-0.39, 0.29) is 17.8 Å². The summed E-state index contributed by atoms with van der Waals surface area (Å²) >= 11 is 0. The number of amides is 2. The summed E-state index contributed by atoms with van der Waals surface area (Å²) < 4.78 is 41.8. The number of hydrogen-bond donors (Lipinski definition) is 3. The Morgan fingerprint density at radius 3 is 2.36 bits per heavy atom. The lowest BCUT2D eigenvalue weighted by atomic mass is 10.0. The topological polar surface area (TPSA) is 113 Å². The Morgan fingerprint density at radius 1 is 0.977 bits per heavy atom. The number of rotatable bonds is 5. The zero-order valence-electron chi connectivity index (χ0n) is 24.1. The lowest BCUT2D eigenvalue weighted by Crippen LogP contribution is -2.44. The van der Waals surface area contributed by atoms with Gasteiger partial charge in [-0.2, -0.15) is 18.4 Å². The highest BCUT2D eigenvalue weighted by molar-refractivity contribution is 6.00. The molecule has 9 nitrogen and oxygen atoms in total. The van der Waals surface area contributed by atoms with Gasteiger partial charge in [-0.3, -0.25) is 9.88 Å². The van der Waals surface area contributed by atoms with Crippen LogP contribution in [0.25, 0.3) is 11.5 Å². The number of halogens is 3. The van der Waals surface area contributed by atoms with Crippen LogP contribution in [0.1, 0.15) is 33.5 Å². The highest BCUT2D eigenvalue weighted by Crippen LogP contribution is 2.34. The van der Waals surface area contributed by atoms with E-state index >= 15 is 0 Å². The number of anilines is 2. The summed E-state index contributed by atoms with van der Waals surface area (Å²) in [6, 6.07) is 13.9. The molecule has 0 radical (unpaired) electrons. The molecule has 2 aromatic carbocycles. The number of hydrogen-bond acceptors (Lipinski definition) is 6. The lowest BCUT2D eigenvalue weighted by Gasteiger charge is -2.33. The first kappa shape index (κ1) is 30.3. The van der Waals surface area contributed by atoms with Gasteiger partial charge in [0.05, 0.1) is 11.8 Å². The van der Waals surface area contributed by atoms with Gasteiger partial charge in [0.2, 0.25) is 0 Å². The number of nitrogens with zero attached hydrogens (tertiary/aromatic N) is 5. The van der Waals surface area contributed by atoms with E-state index in [1.807, 2.05) is 24.9 Å². The first-order chi connectivity index (χ1) is 21.1. The molecule has 0 aliphatic carbocycles. The second kappa shape index (κ2) is 13.0. The van der Waals surface area contributed by atoms with Gasteiger partial charge in [0, 0.05) is 61.4 Å². The number of imidazole rings is 1.